The number of nitrogens with one attached hydrogen (secondary N) is 1. The second kappa shape index (κ2) is 5.68. The van der Waals surface area contributed by atoms with Crippen molar-refractivity contribution in [3.8, 4) is 0 Å². The summed E-state index contributed by atoms with van der Waals surface area (Å²) in [5, 5.41) is 3.13. The number of aryl methyl sites for hydroxylation is 2. The number of aromatic nitrogens is 3. The van der Waals surface area contributed by atoms with Gasteiger partial charge in [-0.15, -0.1) is 0 Å². The van der Waals surface area contributed by atoms with Crippen molar-refractivity contribution in [2.75, 3.05) is 5.32 Å². The fraction of sp³-hybridized carbons (Fsp3) is 0.188. The number of halogens is 1. The first kappa shape index (κ1) is 15.0. The van der Waals surface area contributed by atoms with Crippen molar-refractivity contribution in [3.63, 3.8) is 0 Å². The highest BCUT2D eigenvalue weighted by atomic mass is 19.1. The van der Waals surface area contributed by atoms with Crippen molar-refractivity contribution in [3.05, 3.63) is 47.7 Å². The van der Waals surface area contributed by atoms with Gasteiger partial charge in [-0.05, 0) is 30.2 Å². The molecule has 0 spiro atoms. The number of imidazole rings is 1. The van der Waals surface area contributed by atoms with Gasteiger partial charge in [-0.25, -0.2) is 14.4 Å². The molecule has 0 radical (unpaired) electrons. The molecule has 1 amide bonds. The van der Waals surface area contributed by atoms with Gasteiger partial charge < -0.3 is 15.6 Å². The minimum atomic E-state index is -0.646. The molecule has 0 aliphatic heterocycles. The molecule has 7 heteroatoms. The molecule has 118 valence electrons. The summed E-state index contributed by atoms with van der Waals surface area (Å²) in [6.07, 6.45) is 2.26. The maximum Gasteiger partial charge on any atom is 0.269 e. The van der Waals surface area contributed by atoms with E-state index < -0.39 is 5.91 Å². The van der Waals surface area contributed by atoms with Crippen LogP contribution in [0.15, 0.2) is 30.6 Å². The number of hydrogen-bond acceptors (Lipinski definition) is 4. The molecule has 0 bridgehead atoms. The van der Waals surface area contributed by atoms with Gasteiger partial charge in [-0.2, -0.15) is 0 Å². The highest BCUT2D eigenvalue weighted by Gasteiger charge is 2.15. The van der Waals surface area contributed by atoms with Crippen molar-refractivity contribution in [1.82, 2.24) is 14.5 Å². The summed E-state index contributed by atoms with van der Waals surface area (Å²) in [7, 11) is 1.82. The number of primary amides is 1. The van der Waals surface area contributed by atoms with Gasteiger partial charge in [0.1, 0.15) is 17.2 Å². The lowest BCUT2D eigenvalue weighted by molar-refractivity contribution is 0.0997. The molecule has 0 saturated carbocycles. The number of rotatable bonds is 4. The van der Waals surface area contributed by atoms with E-state index in [0.717, 1.165) is 16.8 Å². The summed E-state index contributed by atoms with van der Waals surface area (Å²) in [4.78, 5) is 20.0. The largest absolute Gasteiger partial charge is 0.364 e. The molecular formula is C16H16FN5O. The molecule has 2 heterocycles. The van der Waals surface area contributed by atoms with Gasteiger partial charge in [0.2, 0.25) is 0 Å². The maximum atomic E-state index is 13.3. The normalized spacial score (nSPS) is 10.9. The van der Waals surface area contributed by atoms with Crippen LogP contribution in [0.3, 0.4) is 0 Å². The van der Waals surface area contributed by atoms with Crippen LogP contribution < -0.4 is 11.1 Å². The van der Waals surface area contributed by atoms with Gasteiger partial charge in [0.05, 0.1) is 11.8 Å². The molecule has 0 aliphatic rings. The Morgan fingerprint density at radius 1 is 1.39 bits per heavy atom. The number of nitrogens with zero attached hydrogens (tertiary/aromatic N) is 3. The van der Waals surface area contributed by atoms with E-state index in [2.05, 4.69) is 15.3 Å². The first-order valence-corrected chi connectivity index (χ1v) is 7.17. The molecule has 0 atom stereocenters. The summed E-state index contributed by atoms with van der Waals surface area (Å²) >= 11 is 0. The number of benzene rings is 1. The number of anilines is 2. The molecule has 0 unspecified atom stereocenters. The Kier molecular flexibility index (Phi) is 3.69. The van der Waals surface area contributed by atoms with E-state index in [1.54, 1.807) is 23.0 Å². The second-order valence-corrected chi connectivity index (χ2v) is 5.22. The summed E-state index contributed by atoms with van der Waals surface area (Å²) in [6, 6.07) is 6.27. The third-order valence-electron chi connectivity index (χ3n) is 3.66. The quantitative estimate of drug-likeness (QED) is 0.775. The number of carbonyl (C=O) groups excluding carboxylic acids is 1. The number of pyridine rings is 1. The Morgan fingerprint density at radius 2 is 2.17 bits per heavy atom. The van der Waals surface area contributed by atoms with Gasteiger partial charge in [0.15, 0.2) is 5.69 Å². The third kappa shape index (κ3) is 2.73. The predicted octanol–water partition coefficient (Wildman–Crippen LogP) is 2.51. The van der Waals surface area contributed by atoms with E-state index >= 15 is 0 Å². The lowest BCUT2D eigenvalue weighted by atomic mass is 10.1. The fourth-order valence-corrected chi connectivity index (χ4v) is 2.48. The Bertz CT molecular complexity index is 903. The molecule has 0 saturated heterocycles. The lowest BCUT2D eigenvalue weighted by Crippen LogP contribution is -2.15. The number of hydrogen-bond donors (Lipinski definition) is 2. The zero-order chi connectivity index (χ0) is 16.6. The summed E-state index contributed by atoms with van der Waals surface area (Å²) < 4.78 is 15.1. The van der Waals surface area contributed by atoms with E-state index in [-0.39, 0.29) is 11.5 Å². The first-order valence-electron chi connectivity index (χ1n) is 7.17. The van der Waals surface area contributed by atoms with Crippen molar-refractivity contribution < 1.29 is 9.18 Å². The van der Waals surface area contributed by atoms with Crippen LogP contribution in [0.1, 0.15) is 23.0 Å². The standard InChI is InChI=1S/C16H16FN5O/c1-3-9-6-10(17)4-5-11(9)20-13-7-12-14(19-8-22(12)2)15(21-13)16(18)23/h4-8H,3H2,1-2H3,(H2,18,23)(H,20,21). The predicted molar refractivity (Wildman–Crippen MR) is 86.1 cm³/mol. The molecule has 6 nitrogen and oxygen atoms in total. The summed E-state index contributed by atoms with van der Waals surface area (Å²) in [5.41, 5.74) is 8.25. The van der Waals surface area contributed by atoms with E-state index in [4.69, 9.17) is 5.73 Å². The average Bonchev–Trinajstić information content (AvgIpc) is 2.89. The minimum absolute atomic E-state index is 0.103. The molecule has 23 heavy (non-hydrogen) atoms. The Hall–Kier alpha value is -2.96. The molecule has 3 aromatic rings. The lowest BCUT2D eigenvalue weighted by Gasteiger charge is -2.11. The van der Waals surface area contributed by atoms with Crippen LogP contribution in [0.25, 0.3) is 11.0 Å². The van der Waals surface area contributed by atoms with E-state index in [1.165, 1.54) is 12.1 Å². The SMILES string of the molecule is CCc1cc(F)ccc1Nc1cc2c(ncn2C)c(C(N)=O)n1. The van der Waals surface area contributed by atoms with Gasteiger partial charge >= 0.3 is 0 Å². The van der Waals surface area contributed by atoms with Gasteiger partial charge in [0.25, 0.3) is 5.91 Å². The summed E-state index contributed by atoms with van der Waals surface area (Å²) in [6.45, 7) is 1.94. The molecular weight excluding hydrogens is 297 g/mol. The second-order valence-electron chi connectivity index (χ2n) is 5.22. The minimum Gasteiger partial charge on any atom is -0.364 e. The number of amides is 1. The van der Waals surface area contributed by atoms with E-state index in [0.29, 0.717) is 17.8 Å². The molecule has 1 aromatic carbocycles. The number of nitrogens with two attached hydrogens (primary N) is 1. The smallest absolute Gasteiger partial charge is 0.269 e. The summed E-state index contributed by atoms with van der Waals surface area (Å²) in [5.74, 6) is -0.483. The number of fused-ring (bicyclic) bond motifs is 1. The van der Waals surface area contributed by atoms with Gasteiger partial charge in [0, 0.05) is 18.8 Å². The van der Waals surface area contributed by atoms with Crippen LogP contribution >= 0.6 is 0 Å². The van der Waals surface area contributed by atoms with Crippen LogP contribution in [-0.4, -0.2) is 20.4 Å². The fourth-order valence-electron chi connectivity index (χ4n) is 2.48. The molecule has 3 N–H and O–H groups in total. The first-order chi connectivity index (χ1) is 11.0. The molecule has 0 fully saturated rings. The average molecular weight is 313 g/mol. The number of carbonyl (C=O) groups is 1. The topological polar surface area (TPSA) is 85.8 Å². The zero-order valence-corrected chi connectivity index (χ0v) is 12.8. The Morgan fingerprint density at radius 3 is 2.87 bits per heavy atom. The zero-order valence-electron chi connectivity index (χ0n) is 12.8. The van der Waals surface area contributed by atoms with Crippen LogP contribution in [0, 0.1) is 5.82 Å². The third-order valence-corrected chi connectivity index (χ3v) is 3.66. The van der Waals surface area contributed by atoms with Crippen molar-refractivity contribution >= 4 is 28.4 Å². The van der Waals surface area contributed by atoms with Crippen LogP contribution in [0.5, 0.6) is 0 Å². The highest BCUT2D eigenvalue weighted by Crippen LogP contribution is 2.25. The van der Waals surface area contributed by atoms with Crippen molar-refractivity contribution in [2.45, 2.75) is 13.3 Å². The van der Waals surface area contributed by atoms with Crippen LogP contribution in [0.2, 0.25) is 0 Å². The van der Waals surface area contributed by atoms with Crippen molar-refractivity contribution in [1.29, 1.82) is 0 Å². The highest BCUT2D eigenvalue weighted by molar-refractivity contribution is 6.03. The Balaban J connectivity index is 2.10. The monoisotopic (exact) mass is 313 g/mol. The maximum absolute atomic E-state index is 13.3. The molecule has 2 aromatic heterocycles. The van der Waals surface area contributed by atoms with Crippen LogP contribution in [-0.2, 0) is 13.5 Å². The van der Waals surface area contributed by atoms with Gasteiger partial charge in [-0.1, -0.05) is 6.92 Å². The molecule has 0 aliphatic carbocycles. The van der Waals surface area contributed by atoms with Crippen LogP contribution in [0.4, 0.5) is 15.9 Å². The van der Waals surface area contributed by atoms with E-state index in [9.17, 15) is 9.18 Å². The van der Waals surface area contributed by atoms with Crippen molar-refractivity contribution in [2.24, 2.45) is 12.8 Å². The van der Waals surface area contributed by atoms with Gasteiger partial charge in [-0.3, -0.25) is 4.79 Å². The van der Waals surface area contributed by atoms with E-state index in [1.807, 2.05) is 14.0 Å². The Labute approximate surface area is 132 Å². The molecule has 3 rings (SSSR count).